The Labute approximate surface area is 171 Å². The van der Waals surface area contributed by atoms with E-state index in [-0.39, 0.29) is 36.4 Å². The van der Waals surface area contributed by atoms with Gasteiger partial charge >= 0.3 is 0 Å². The van der Waals surface area contributed by atoms with E-state index in [1.807, 2.05) is 4.90 Å². The number of nitrogens with zero attached hydrogens (tertiary/aromatic N) is 3. The van der Waals surface area contributed by atoms with E-state index in [9.17, 15) is 4.79 Å². The average molecular weight is 464 g/mol. The van der Waals surface area contributed by atoms with Crippen LogP contribution in [0, 0.1) is 11.8 Å². The normalized spacial score (nSPS) is 24.4. The number of hydrogen-bond acceptors (Lipinski definition) is 2. The summed E-state index contributed by atoms with van der Waals surface area (Å²) >= 11 is 0. The zero-order chi connectivity index (χ0) is 17.4. The molecule has 5 nitrogen and oxygen atoms in total. The highest BCUT2D eigenvalue weighted by Crippen LogP contribution is 2.28. The number of amides is 1. The molecule has 1 saturated heterocycles. The molecule has 6 heteroatoms. The van der Waals surface area contributed by atoms with Crippen molar-refractivity contribution in [3.8, 4) is 0 Å². The van der Waals surface area contributed by atoms with Gasteiger partial charge in [0.25, 0.3) is 0 Å². The van der Waals surface area contributed by atoms with Gasteiger partial charge < -0.3 is 15.1 Å². The maximum absolute atomic E-state index is 12.3. The number of guanidine groups is 1. The third-order valence-corrected chi connectivity index (χ3v) is 5.44. The van der Waals surface area contributed by atoms with Crippen LogP contribution in [0.2, 0.25) is 0 Å². The van der Waals surface area contributed by atoms with Crippen LogP contribution >= 0.6 is 24.0 Å². The Morgan fingerprint density at radius 1 is 1.16 bits per heavy atom. The SMILES string of the molecule is CCNC(=NCC(=O)N1CCCCC1)N(C)CC1CCC(C)CC1.I. The van der Waals surface area contributed by atoms with E-state index in [4.69, 9.17) is 0 Å². The van der Waals surface area contributed by atoms with Crippen LogP contribution < -0.4 is 5.32 Å². The molecule has 0 atom stereocenters. The second-order valence-electron chi connectivity index (χ2n) is 7.62. The maximum Gasteiger partial charge on any atom is 0.244 e. The van der Waals surface area contributed by atoms with Crippen molar-refractivity contribution >= 4 is 35.8 Å². The molecule has 25 heavy (non-hydrogen) atoms. The third-order valence-electron chi connectivity index (χ3n) is 5.44. The lowest BCUT2D eigenvalue weighted by Gasteiger charge is -2.31. The van der Waals surface area contributed by atoms with Gasteiger partial charge in [-0.3, -0.25) is 4.79 Å². The Bertz CT molecular complexity index is 416. The van der Waals surface area contributed by atoms with Crippen molar-refractivity contribution in [1.29, 1.82) is 0 Å². The van der Waals surface area contributed by atoms with Crippen LogP contribution in [0.5, 0.6) is 0 Å². The summed E-state index contributed by atoms with van der Waals surface area (Å²) in [5.41, 5.74) is 0. The lowest BCUT2D eigenvalue weighted by Crippen LogP contribution is -2.43. The summed E-state index contributed by atoms with van der Waals surface area (Å²) in [7, 11) is 2.10. The number of likely N-dealkylation sites (tertiary alicyclic amines) is 1. The van der Waals surface area contributed by atoms with Gasteiger partial charge in [0, 0.05) is 33.2 Å². The fourth-order valence-corrected chi connectivity index (χ4v) is 3.84. The molecule has 1 amide bonds. The number of rotatable bonds is 5. The molecule has 146 valence electrons. The zero-order valence-corrected chi connectivity index (χ0v) is 18.6. The Morgan fingerprint density at radius 2 is 1.80 bits per heavy atom. The van der Waals surface area contributed by atoms with Crippen molar-refractivity contribution in [2.75, 3.05) is 39.8 Å². The number of aliphatic imine (C=N–C) groups is 1. The van der Waals surface area contributed by atoms with E-state index < -0.39 is 0 Å². The molecule has 0 aromatic rings. The lowest BCUT2D eigenvalue weighted by molar-refractivity contribution is -0.130. The molecule has 0 spiro atoms. The second-order valence-corrected chi connectivity index (χ2v) is 7.62. The summed E-state index contributed by atoms with van der Waals surface area (Å²) in [4.78, 5) is 21.1. The Morgan fingerprint density at radius 3 is 2.40 bits per heavy atom. The molecule has 0 radical (unpaired) electrons. The summed E-state index contributed by atoms with van der Waals surface area (Å²) in [5, 5.41) is 3.34. The summed E-state index contributed by atoms with van der Waals surface area (Å²) in [6.07, 6.45) is 8.85. The topological polar surface area (TPSA) is 47.9 Å². The van der Waals surface area contributed by atoms with E-state index in [0.29, 0.717) is 0 Å². The first-order chi connectivity index (χ1) is 11.6. The third kappa shape index (κ3) is 7.71. The standard InChI is InChI=1S/C19H36N4O.HI/c1-4-20-19(21-14-18(24)23-12-6-5-7-13-23)22(3)15-17-10-8-16(2)9-11-17;/h16-17H,4-15H2,1-3H3,(H,20,21);1H. The Balaban J connectivity index is 0.00000312. The van der Waals surface area contributed by atoms with Crippen LogP contribution in [0.4, 0.5) is 0 Å². The monoisotopic (exact) mass is 464 g/mol. The maximum atomic E-state index is 12.3. The fourth-order valence-electron chi connectivity index (χ4n) is 3.84. The number of carbonyl (C=O) groups is 1. The molecule has 2 fully saturated rings. The largest absolute Gasteiger partial charge is 0.357 e. The average Bonchev–Trinajstić information content (AvgIpc) is 2.61. The number of carbonyl (C=O) groups excluding carboxylic acids is 1. The minimum atomic E-state index is 0. The van der Waals surface area contributed by atoms with Crippen LogP contribution in [0.25, 0.3) is 0 Å². The molecular formula is C19H37IN4O. The van der Waals surface area contributed by atoms with E-state index in [1.54, 1.807) is 0 Å². The van der Waals surface area contributed by atoms with E-state index in [1.165, 1.54) is 32.1 Å². The first-order valence-electron chi connectivity index (χ1n) is 9.87. The summed E-state index contributed by atoms with van der Waals surface area (Å²) in [6, 6.07) is 0. The number of hydrogen-bond donors (Lipinski definition) is 1. The van der Waals surface area contributed by atoms with E-state index >= 15 is 0 Å². The molecule has 2 rings (SSSR count). The quantitative estimate of drug-likeness (QED) is 0.386. The molecule has 1 heterocycles. The highest BCUT2D eigenvalue weighted by molar-refractivity contribution is 14.0. The molecule has 0 bridgehead atoms. The van der Waals surface area contributed by atoms with Crippen LogP contribution in [0.15, 0.2) is 4.99 Å². The highest BCUT2D eigenvalue weighted by Gasteiger charge is 2.21. The molecule has 1 aliphatic heterocycles. The van der Waals surface area contributed by atoms with Crippen molar-refractivity contribution in [3.05, 3.63) is 0 Å². The zero-order valence-electron chi connectivity index (χ0n) is 16.3. The second kappa shape index (κ2) is 12.0. The molecule has 1 saturated carbocycles. The van der Waals surface area contributed by atoms with Gasteiger partial charge in [0.15, 0.2) is 5.96 Å². The summed E-state index contributed by atoms with van der Waals surface area (Å²) in [6.45, 7) is 8.39. The van der Waals surface area contributed by atoms with Gasteiger partial charge in [0.1, 0.15) is 6.54 Å². The summed E-state index contributed by atoms with van der Waals surface area (Å²) in [5.74, 6) is 2.69. The van der Waals surface area contributed by atoms with Crippen LogP contribution in [0.3, 0.4) is 0 Å². The van der Waals surface area contributed by atoms with Gasteiger partial charge in [-0.2, -0.15) is 0 Å². The summed E-state index contributed by atoms with van der Waals surface area (Å²) < 4.78 is 0. The molecular weight excluding hydrogens is 427 g/mol. The molecule has 0 aromatic carbocycles. The van der Waals surface area contributed by atoms with Crippen molar-refractivity contribution in [1.82, 2.24) is 15.1 Å². The Kier molecular flexibility index (Phi) is 10.8. The van der Waals surface area contributed by atoms with Gasteiger partial charge in [0.2, 0.25) is 5.91 Å². The molecule has 0 unspecified atom stereocenters. The van der Waals surface area contributed by atoms with Crippen molar-refractivity contribution in [2.24, 2.45) is 16.8 Å². The lowest BCUT2D eigenvalue weighted by atomic mass is 9.83. The predicted molar refractivity (Wildman–Crippen MR) is 116 cm³/mol. The minimum Gasteiger partial charge on any atom is -0.357 e. The van der Waals surface area contributed by atoms with Crippen molar-refractivity contribution in [3.63, 3.8) is 0 Å². The number of nitrogens with one attached hydrogen (secondary N) is 1. The van der Waals surface area contributed by atoms with Gasteiger partial charge in [-0.05, 0) is 50.9 Å². The van der Waals surface area contributed by atoms with Crippen molar-refractivity contribution < 1.29 is 4.79 Å². The molecule has 1 aliphatic carbocycles. The van der Waals surface area contributed by atoms with Gasteiger partial charge in [-0.1, -0.05) is 19.8 Å². The van der Waals surface area contributed by atoms with Gasteiger partial charge in [-0.15, -0.1) is 24.0 Å². The number of halogens is 1. The smallest absolute Gasteiger partial charge is 0.244 e. The first kappa shape index (κ1) is 22.5. The van der Waals surface area contributed by atoms with Gasteiger partial charge in [-0.25, -0.2) is 4.99 Å². The fraction of sp³-hybridized carbons (Fsp3) is 0.895. The predicted octanol–water partition coefficient (Wildman–Crippen LogP) is 3.34. The Hall–Kier alpha value is -0.530. The molecule has 2 aliphatic rings. The van der Waals surface area contributed by atoms with Gasteiger partial charge in [0.05, 0.1) is 0 Å². The van der Waals surface area contributed by atoms with Crippen LogP contribution in [0.1, 0.15) is 58.8 Å². The minimum absolute atomic E-state index is 0. The first-order valence-corrected chi connectivity index (χ1v) is 9.87. The highest BCUT2D eigenvalue weighted by atomic mass is 127. The number of piperidine rings is 1. The molecule has 1 N–H and O–H groups in total. The van der Waals surface area contributed by atoms with Crippen molar-refractivity contribution in [2.45, 2.75) is 58.8 Å². The van der Waals surface area contributed by atoms with Crippen LogP contribution in [-0.4, -0.2) is 61.4 Å². The van der Waals surface area contributed by atoms with E-state index in [2.05, 4.69) is 36.1 Å². The van der Waals surface area contributed by atoms with E-state index in [0.717, 1.165) is 56.8 Å². The molecule has 0 aromatic heterocycles. The van der Waals surface area contributed by atoms with Crippen LogP contribution in [-0.2, 0) is 4.79 Å².